The van der Waals surface area contributed by atoms with Crippen LogP contribution in [0.1, 0.15) is 51.9 Å². The lowest BCUT2D eigenvalue weighted by molar-refractivity contribution is 0.0698. The minimum Gasteiger partial charge on any atom is -0.478 e. The van der Waals surface area contributed by atoms with Crippen LogP contribution in [-0.2, 0) is 0 Å². The van der Waals surface area contributed by atoms with Crippen molar-refractivity contribution in [3.05, 3.63) is 40.5 Å². The number of hydrogen-bond acceptors (Lipinski definition) is 5. The standard InChI is InChI=1S/C17H17N5O2/c1-8-6-9(2)19-17(18-8)22-15-14(10(3)21-22)12(16(23)24)7-13(20-15)11-4-5-11/h6-7,11H,4-5H2,1-3H3,(H,23,24). The topological polar surface area (TPSA) is 93.8 Å². The SMILES string of the molecule is Cc1cc(C)nc(-n2nc(C)c3c(C(=O)O)cc(C4CC4)nc32)n1. The van der Waals surface area contributed by atoms with E-state index in [1.807, 2.05) is 19.9 Å². The minimum atomic E-state index is -0.965. The fraction of sp³-hybridized carbons (Fsp3) is 0.353. The van der Waals surface area contributed by atoms with Gasteiger partial charge in [-0.3, -0.25) is 0 Å². The smallest absolute Gasteiger partial charge is 0.336 e. The van der Waals surface area contributed by atoms with E-state index >= 15 is 0 Å². The molecule has 122 valence electrons. The summed E-state index contributed by atoms with van der Waals surface area (Å²) < 4.78 is 1.56. The molecule has 1 fully saturated rings. The van der Waals surface area contributed by atoms with Crippen LogP contribution in [0.15, 0.2) is 12.1 Å². The molecule has 1 aliphatic carbocycles. The largest absolute Gasteiger partial charge is 0.478 e. The number of pyridine rings is 1. The normalized spacial score (nSPS) is 14.3. The molecule has 0 aliphatic heterocycles. The Morgan fingerprint density at radius 3 is 2.38 bits per heavy atom. The van der Waals surface area contributed by atoms with E-state index < -0.39 is 5.97 Å². The molecule has 1 N–H and O–H groups in total. The Morgan fingerprint density at radius 1 is 1.12 bits per heavy atom. The van der Waals surface area contributed by atoms with Crippen molar-refractivity contribution in [1.29, 1.82) is 0 Å². The molecule has 24 heavy (non-hydrogen) atoms. The van der Waals surface area contributed by atoms with E-state index in [0.717, 1.165) is 29.9 Å². The highest BCUT2D eigenvalue weighted by Crippen LogP contribution is 2.40. The van der Waals surface area contributed by atoms with Gasteiger partial charge in [0.1, 0.15) is 0 Å². The van der Waals surface area contributed by atoms with E-state index in [9.17, 15) is 9.90 Å². The van der Waals surface area contributed by atoms with Gasteiger partial charge in [-0.05, 0) is 45.7 Å². The Kier molecular flexibility index (Phi) is 3.13. The quantitative estimate of drug-likeness (QED) is 0.796. The fourth-order valence-electron chi connectivity index (χ4n) is 3.01. The first-order chi connectivity index (χ1) is 11.4. The maximum Gasteiger partial charge on any atom is 0.336 e. The average Bonchev–Trinajstić information content (AvgIpc) is 3.30. The van der Waals surface area contributed by atoms with Crippen LogP contribution in [0.2, 0.25) is 0 Å². The zero-order valence-corrected chi connectivity index (χ0v) is 13.7. The molecule has 0 aromatic carbocycles. The molecule has 4 rings (SSSR count). The average molecular weight is 323 g/mol. The van der Waals surface area contributed by atoms with Gasteiger partial charge in [0, 0.05) is 23.0 Å². The van der Waals surface area contributed by atoms with Crippen molar-refractivity contribution in [3.63, 3.8) is 0 Å². The van der Waals surface area contributed by atoms with Gasteiger partial charge in [0.2, 0.25) is 0 Å². The molecule has 7 nitrogen and oxygen atoms in total. The lowest BCUT2D eigenvalue weighted by atomic mass is 10.1. The van der Waals surface area contributed by atoms with Crippen molar-refractivity contribution in [3.8, 4) is 5.95 Å². The van der Waals surface area contributed by atoms with Gasteiger partial charge in [-0.2, -0.15) is 9.78 Å². The highest BCUT2D eigenvalue weighted by atomic mass is 16.4. The highest BCUT2D eigenvalue weighted by molar-refractivity contribution is 6.03. The van der Waals surface area contributed by atoms with Gasteiger partial charge in [0.25, 0.3) is 5.95 Å². The van der Waals surface area contributed by atoms with Crippen LogP contribution in [0.25, 0.3) is 17.0 Å². The van der Waals surface area contributed by atoms with Crippen molar-refractivity contribution in [1.82, 2.24) is 24.7 Å². The molecule has 3 aromatic heterocycles. The number of aryl methyl sites for hydroxylation is 3. The molecule has 1 aliphatic rings. The van der Waals surface area contributed by atoms with Crippen molar-refractivity contribution in [2.24, 2.45) is 0 Å². The van der Waals surface area contributed by atoms with Gasteiger partial charge >= 0.3 is 5.97 Å². The first-order valence-corrected chi connectivity index (χ1v) is 7.90. The number of carbonyl (C=O) groups is 1. The first-order valence-electron chi connectivity index (χ1n) is 7.90. The zero-order valence-electron chi connectivity index (χ0n) is 13.7. The molecule has 1 saturated carbocycles. The number of carboxylic acid groups (broad SMARTS) is 1. The fourth-order valence-corrected chi connectivity index (χ4v) is 3.01. The van der Waals surface area contributed by atoms with E-state index in [1.165, 1.54) is 0 Å². The van der Waals surface area contributed by atoms with Crippen molar-refractivity contribution in [2.45, 2.75) is 39.5 Å². The van der Waals surface area contributed by atoms with E-state index in [1.54, 1.807) is 17.7 Å². The molecular weight excluding hydrogens is 306 g/mol. The number of nitrogens with zero attached hydrogens (tertiary/aromatic N) is 5. The summed E-state index contributed by atoms with van der Waals surface area (Å²) in [7, 11) is 0. The van der Waals surface area contributed by atoms with Gasteiger partial charge in [-0.25, -0.2) is 19.7 Å². The number of aromatic carboxylic acids is 1. The second-order valence-electron chi connectivity index (χ2n) is 6.32. The van der Waals surface area contributed by atoms with E-state index in [-0.39, 0.29) is 5.56 Å². The van der Waals surface area contributed by atoms with Crippen LogP contribution < -0.4 is 0 Å². The van der Waals surface area contributed by atoms with Gasteiger partial charge in [-0.1, -0.05) is 0 Å². The maximum absolute atomic E-state index is 11.7. The monoisotopic (exact) mass is 323 g/mol. The number of rotatable bonds is 3. The molecule has 0 saturated heterocycles. The van der Waals surface area contributed by atoms with Crippen LogP contribution in [0, 0.1) is 20.8 Å². The predicted octanol–water partition coefficient (Wildman–Crippen LogP) is 2.71. The predicted molar refractivity (Wildman–Crippen MR) is 87.6 cm³/mol. The maximum atomic E-state index is 11.7. The molecule has 3 heterocycles. The van der Waals surface area contributed by atoms with Crippen molar-refractivity contribution < 1.29 is 9.90 Å². The number of carboxylic acids is 1. The van der Waals surface area contributed by atoms with E-state index in [4.69, 9.17) is 4.98 Å². The summed E-state index contributed by atoms with van der Waals surface area (Å²) in [6, 6.07) is 3.57. The van der Waals surface area contributed by atoms with Gasteiger partial charge in [0.15, 0.2) is 5.65 Å². The lowest BCUT2D eigenvalue weighted by Gasteiger charge is -2.06. The van der Waals surface area contributed by atoms with Crippen LogP contribution in [0.4, 0.5) is 0 Å². The van der Waals surface area contributed by atoms with Crippen LogP contribution in [0.3, 0.4) is 0 Å². The van der Waals surface area contributed by atoms with Crippen molar-refractivity contribution in [2.75, 3.05) is 0 Å². The summed E-state index contributed by atoms with van der Waals surface area (Å²) in [5.74, 6) is -0.202. The molecule has 0 radical (unpaired) electrons. The zero-order chi connectivity index (χ0) is 17.0. The Balaban J connectivity index is 2.04. The molecule has 3 aromatic rings. The Bertz CT molecular complexity index is 968. The lowest BCUT2D eigenvalue weighted by Crippen LogP contribution is -2.07. The third-order valence-electron chi connectivity index (χ3n) is 4.22. The van der Waals surface area contributed by atoms with E-state index in [0.29, 0.717) is 28.6 Å². The second-order valence-corrected chi connectivity index (χ2v) is 6.32. The molecule has 7 heteroatoms. The summed E-state index contributed by atoms with van der Waals surface area (Å²) in [5, 5.41) is 14.6. The van der Waals surface area contributed by atoms with Gasteiger partial charge < -0.3 is 5.11 Å². The highest BCUT2D eigenvalue weighted by Gasteiger charge is 2.29. The van der Waals surface area contributed by atoms with Crippen LogP contribution >= 0.6 is 0 Å². The first kappa shape index (κ1) is 14.7. The number of hydrogen-bond donors (Lipinski definition) is 1. The molecule has 0 bridgehead atoms. The molecule has 0 amide bonds. The molecule has 0 unspecified atom stereocenters. The van der Waals surface area contributed by atoms with E-state index in [2.05, 4.69) is 15.1 Å². The molecule has 0 spiro atoms. The third-order valence-corrected chi connectivity index (χ3v) is 4.22. The Labute approximate surface area is 138 Å². The number of aromatic nitrogens is 5. The van der Waals surface area contributed by atoms with Crippen molar-refractivity contribution >= 4 is 17.0 Å². The summed E-state index contributed by atoms with van der Waals surface area (Å²) in [5.41, 5.74) is 3.84. The minimum absolute atomic E-state index is 0.245. The molecule has 0 atom stereocenters. The van der Waals surface area contributed by atoms with Gasteiger partial charge in [-0.15, -0.1) is 0 Å². The third kappa shape index (κ3) is 2.33. The molecular formula is C17H17N5O2. The summed E-state index contributed by atoms with van der Waals surface area (Å²) in [4.78, 5) is 25.3. The van der Waals surface area contributed by atoms with Crippen LogP contribution in [-0.4, -0.2) is 35.8 Å². The van der Waals surface area contributed by atoms with Gasteiger partial charge in [0.05, 0.1) is 16.6 Å². The number of fused-ring (bicyclic) bond motifs is 1. The summed E-state index contributed by atoms with van der Waals surface area (Å²) >= 11 is 0. The second kappa shape index (κ2) is 5.09. The summed E-state index contributed by atoms with van der Waals surface area (Å²) in [6.07, 6.45) is 2.09. The summed E-state index contributed by atoms with van der Waals surface area (Å²) in [6.45, 7) is 5.57. The van der Waals surface area contributed by atoms with Crippen LogP contribution in [0.5, 0.6) is 0 Å². The Hall–Kier alpha value is -2.83. The Morgan fingerprint density at radius 2 is 1.79 bits per heavy atom.